The number of hydrogen-bond donors (Lipinski definition) is 1. The fourth-order valence-corrected chi connectivity index (χ4v) is 10.4. The number of aromatic hydroxyl groups is 1. The summed E-state index contributed by atoms with van der Waals surface area (Å²) in [6.07, 6.45) is 1.89. The lowest BCUT2D eigenvalue weighted by Crippen LogP contribution is -2.10. The van der Waals surface area contributed by atoms with Crippen LogP contribution in [-0.2, 0) is 5.41 Å². The van der Waals surface area contributed by atoms with Gasteiger partial charge in [-0.3, -0.25) is 9.55 Å². The molecule has 0 saturated heterocycles. The number of pyridine rings is 1. The first kappa shape index (κ1) is 45.0. The van der Waals surface area contributed by atoms with Gasteiger partial charge in [-0.25, -0.2) is 4.98 Å². The summed E-state index contributed by atoms with van der Waals surface area (Å²) in [5.74, 6) is 0.867. The molecular formula is C71H63N3O. The molecule has 0 aliphatic rings. The average molecular weight is 977 g/mol. The summed E-state index contributed by atoms with van der Waals surface area (Å²) in [6.45, 7) is 12.7. The molecule has 0 aliphatic carbocycles. The van der Waals surface area contributed by atoms with E-state index in [1.54, 1.807) is 0 Å². The summed E-state index contributed by atoms with van der Waals surface area (Å²) in [5, 5.41) is 12.6. The van der Waals surface area contributed by atoms with Gasteiger partial charge in [0, 0.05) is 27.0 Å². The Kier molecular flexibility index (Phi) is 12.0. The minimum Gasteiger partial charge on any atom is -0.507 e. The molecule has 0 bridgehead atoms. The number of rotatable bonds is 11. The van der Waals surface area contributed by atoms with Crippen molar-refractivity contribution in [3.8, 4) is 101 Å². The summed E-state index contributed by atoms with van der Waals surface area (Å²) >= 11 is 0. The number of phenolic OH excluding ortho intramolecular Hbond substituents is 1. The lowest BCUT2D eigenvalue weighted by atomic mass is 9.85. The van der Waals surface area contributed by atoms with Gasteiger partial charge in [-0.05, 0) is 157 Å². The van der Waals surface area contributed by atoms with Crippen LogP contribution < -0.4 is 0 Å². The third kappa shape index (κ3) is 9.61. The van der Waals surface area contributed by atoms with Crippen molar-refractivity contribution in [2.24, 2.45) is 0 Å². The molecule has 75 heavy (non-hydrogen) atoms. The van der Waals surface area contributed by atoms with Gasteiger partial charge in [0.15, 0.2) is 0 Å². The molecule has 0 amide bonds. The van der Waals surface area contributed by atoms with Crippen LogP contribution >= 0.6 is 0 Å². The van der Waals surface area contributed by atoms with Crippen LogP contribution in [-0.4, -0.2) is 19.6 Å². The number of aryl methyl sites for hydroxylation is 1. The summed E-state index contributed by atoms with van der Waals surface area (Å²) in [7, 11) is 0. The second kappa shape index (κ2) is 20.0. The van der Waals surface area contributed by atoms with Crippen LogP contribution in [0.4, 0.5) is 0 Å². The molecule has 2 heterocycles. The molecule has 0 atom stereocenters. The number of aromatic nitrogens is 3. The second-order valence-electron chi connectivity index (χ2n) is 21.4. The van der Waals surface area contributed by atoms with E-state index in [0.717, 1.165) is 100 Å². The van der Waals surface area contributed by atoms with Crippen LogP contribution in [0.3, 0.4) is 0 Å². The largest absolute Gasteiger partial charge is 0.507 e. The Morgan fingerprint density at radius 3 is 1.67 bits per heavy atom. The van der Waals surface area contributed by atoms with E-state index in [9.17, 15) is 5.11 Å². The quantitative estimate of drug-likeness (QED) is 0.140. The van der Waals surface area contributed by atoms with E-state index in [1.165, 1.54) is 5.56 Å². The summed E-state index contributed by atoms with van der Waals surface area (Å²) in [4.78, 5) is 10.7. The van der Waals surface area contributed by atoms with Crippen molar-refractivity contribution in [3.05, 3.63) is 241 Å². The molecule has 11 aromatic rings. The average Bonchev–Trinajstić information content (AvgIpc) is 4.07. The van der Waals surface area contributed by atoms with E-state index in [-0.39, 0.29) is 28.6 Å². The zero-order chi connectivity index (χ0) is 54.5. The maximum Gasteiger partial charge on any atom is 0.149 e. The van der Waals surface area contributed by atoms with Crippen molar-refractivity contribution in [3.63, 3.8) is 0 Å². The molecule has 0 fully saturated rings. The molecule has 0 spiro atoms. The van der Waals surface area contributed by atoms with Crippen LogP contribution in [0.25, 0.3) is 106 Å². The van der Waals surface area contributed by atoms with Crippen molar-refractivity contribution in [1.29, 1.82) is 0 Å². The molecule has 9 aromatic carbocycles. The van der Waals surface area contributed by atoms with E-state index in [1.807, 2.05) is 60.8 Å². The van der Waals surface area contributed by atoms with Gasteiger partial charge in [0.1, 0.15) is 11.6 Å². The molecule has 2 aromatic heterocycles. The zero-order valence-corrected chi connectivity index (χ0v) is 43.7. The zero-order valence-electron chi connectivity index (χ0n) is 46.7. The first-order valence-electron chi connectivity index (χ1n) is 27.6. The molecule has 11 rings (SSSR count). The smallest absolute Gasteiger partial charge is 0.149 e. The van der Waals surface area contributed by atoms with E-state index in [2.05, 4.69) is 211 Å². The molecule has 1 N–H and O–H groups in total. The normalized spacial score (nSPS) is 12.5. The van der Waals surface area contributed by atoms with Crippen molar-refractivity contribution in [2.45, 2.75) is 72.6 Å². The van der Waals surface area contributed by atoms with Crippen LogP contribution in [0.5, 0.6) is 5.75 Å². The van der Waals surface area contributed by atoms with E-state index < -0.39 is 6.85 Å². The van der Waals surface area contributed by atoms with Crippen LogP contribution in [0, 0.1) is 6.85 Å². The third-order valence-corrected chi connectivity index (χ3v) is 14.6. The number of benzene rings is 9. The Balaban J connectivity index is 1.19. The predicted octanol–water partition coefficient (Wildman–Crippen LogP) is 19.3. The van der Waals surface area contributed by atoms with E-state index >= 15 is 0 Å². The molecular weight excluding hydrogens is 911 g/mol. The number of fused-ring (bicyclic) bond motifs is 1. The van der Waals surface area contributed by atoms with Gasteiger partial charge in [0.25, 0.3) is 0 Å². The number of hydrogen-bond acceptors (Lipinski definition) is 3. The van der Waals surface area contributed by atoms with Crippen LogP contribution in [0.1, 0.15) is 86.7 Å². The maximum atomic E-state index is 12.6. The van der Waals surface area contributed by atoms with E-state index in [0.29, 0.717) is 17.0 Å². The Bertz CT molecular complexity index is 3970. The lowest BCUT2D eigenvalue weighted by molar-refractivity contribution is 0.466. The summed E-state index contributed by atoms with van der Waals surface area (Å²) < 4.78 is 29.1. The molecule has 368 valence electrons. The van der Waals surface area contributed by atoms with Gasteiger partial charge in [-0.2, -0.15) is 0 Å². The maximum absolute atomic E-state index is 12.6. The van der Waals surface area contributed by atoms with Crippen LogP contribution in [0.15, 0.2) is 219 Å². The van der Waals surface area contributed by atoms with Gasteiger partial charge in [0.05, 0.1) is 28.0 Å². The molecule has 0 aliphatic heterocycles. The monoisotopic (exact) mass is 977 g/mol. The highest BCUT2D eigenvalue weighted by Gasteiger charge is 2.26. The lowest BCUT2D eigenvalue weighted by Gasteiger charge is -2.22. The minimum atomic E-state index is -2.45. The van der Waals surface area contributed by atoms with Crippen molar-refractivity contribution in [1.82, 2.24) is 14.5 Å². The number of phenols is 1. The van der Waals surface area contributed by atoms with Gasteiger partial charge < -0.3 is 5.11 Å². The van der Waals surface area contributed by atoms with Crippen molar-refractivity contribution < 1.29 is 9.22 Å². The highest BCUT2D eigenvalue weighted by molar-refractivity contribution is 5.99. The first-order chi connectivity index (χ1) is 37.5. The Morgan fingerprint density at radius 1 is 0.467 bits per heavy atom. The highest BCUT2D eigenvalue weighted by Crippen LogP contribution is 2.46. The Labute approximate surface area is 447 Å². The van der Waals surface area contributed by atoms with E-state index in [4.69, 9.17) is 14.1 Å². The SMILES string of the molecule is [2H]C([2H])([2H])c1cc(-c2ccc(C(C)(C)C)cc2)c(-n2c(-c3cc(C(C)C)cc(C(C)C)c3O)nc3c(-c4cc(-c5ccccc5)cc(-c5cc(-c6ccc(-c7ccccc7)cc6)ccn5)c4)cccc32)cc1-c1ccccc1. The fraction of sp³-hybridized carbons (Fsp3) is 0.155. The molecule has 4 nitrogen and oxygen atoms in total. The summed E-state index contributed by atoms with van der Waals surface area (Å²) in [5.41, 5.74) is 19.2. The fourth-order valence-electron chi connectivity index (χ4n) is 10.4. The molecule has 0 unspecified atom stereocenters. The summed E-state index contributed by atoms with van der Waals surface area (Å²) in [6, 6.07) is 73.0. The van der Waals surface area contributed by atoms with Gasteiger partial charge in [-0.15, -0.1) is 0 Å². The first-order valence-corrected chi connectivity index (χ1v) is 26.1. The topological polar surface area (TPSA) is 50.9 Å². The Morgan fingerprint density at radius 2 is 1.04 bits per heavy atom. The number of nitrogens with zero attached hydrogens (tertiary/aromatic N) is 3. The van der Waals surface area contributed by atoms with Crippen molar-refractivity contribution in [2.75, 3.05) is 0 Å². The second-order valence-corrected chi connectivity index (χ2v) is 21.4. The predicted molar refractivity (Wildman–Crippen MR) is 316 cm³/mol. The standard InChI is InChI=1S/C71H63N3O/c1-45(2)55-41-61(46(3)4)69(75)64(42-55)70-73-68-60(25-18-26-66(68)74(70)67-44-62(52-23-16-11-17-24-52)47(5)37-63(67)53-31-33-59(34-32-53)71(6,7)8)57-38-56(49-21-14-10-15-22-49)39-58(40-57)65-43-54(35-36-72-65)51-29-27-50(28-30-51)48-19-12-9-13-20-48/h9-46,75H,1-8H3/i5D3. The third-order valence-electron chi connectivity index (χ3n) is 14.6. The number of para-hydroxylation sites is 1. The van der Waals surface area contributed by atoms with Gasteiger partial charge in [0.2, 0.25) is 0 Å². The minimum absolute atomic E-state index is 0.0101. The molecule has 0 radical (unpaired) electrons. The number of imidazole rings is 1. The van der Waals surface area contributed by atoms with Crippen molar-refractivity contribution >= 4 is 11.0 Å². The Hall–Kier alpha value is -8.60. The van der Waals surface area contributed by atoms with Gasteiger partial charge in [-0.1, -0.05) is 206 Å². The molecule has 0 saturated carbocycles. The van der Waals surface area contributed by atoms with Crippen LogP contribution in [0.2, 0.25) is 0 Å². The molecule has 4 heteroatoms. The van der Waals surface area contributed by atoms with Gasteiger partial charge >= 0.3 is 0 Å². The highest BCUT2D eigenvalue weighted by atomic mass is 16.3.